The fraction of sp³-hybridized carbons (Fsp3) is 0.286. The Balaban J connectivity index is 3.14. The van der Waals surface area contributed by atoms with E-state index in [9.17, 15) is 0 Å². The minimum atomic E-state index is -1.52. The molecule has 0 aromatic carbocycles. The molecule has 3 nitrogen and oxygen atoms in total. The Kier molecular flexibility index (Phi) is 3.09. The smallest absolute Gasteiger partial charge is 0.423 e. The zero-order valence-corrected chi connectivity index (χ0v) is 7.41. The molecule has 2 N–H and O–H groups in total. The molecule has 0 radical (unpaired) electrons. The van der Waals surface area contributed by atoms with Crippen molar-refractivity contribution in [2.75, 3.05) is 0 Å². The van der Waals surface area contributed by atoms with Gasteiger partial charge in [-0.1, -0.05) is 18.5 Å². The van der Waals surface area contributed by atoms with E-state index in [0.29, 0.717) is 22.6 Å². The Hall–Kier alpha value is -0.575. The maximum absolute atomic E-state index is 8.87. The Bertz CT molecular complexity index is 280. The highest BCUT2D eigenvalue weighted by atomic mass is 35.5. The Morgan fingerprint density at radius 2 is 2.25 bits per heavy atom. The third-order valence-electron chi connectivity index (χ3n) is 1.60. The zero-order valence-electron chi connectivity index (χ0n) is 6.66. The van der Waals surface area contributed by atoms with Gasteiger partial charge in [-0.25, -0.2) is 0 Å². The van der Waals surface area contributed by atoms with E-state index < -0.39 is 7.12 Å². The molecule has 0 amide bonds. The van der Waals surface area contributed by atoms with Crippen LogP contribution in [0.4, 0.5) is 0 Å². The third-order valence-corrected chi connectivity index (χ3v) is 2.04. The van der Waals surface area contributed by atoms with Crippen molar-refractivity contribution in [1.29, 1.82) is 0 Å². The van der Waals surface area contributed by atoms with Crippen LogP contribution in [0.3, 0.4) is 0 Å². The van der Waals surface area contributed by atoms with Gasteiger partial charge in [-0.2, -0.15) is 0 Å². The summed E-state index contributed by atoms with van der Waals surface area (Å²) in [5.74, 6) is 0. The number of rotatable bonds is 2. The normalized spacial score (nSPS) is 10.0. The molecule has 0 aliphatic heterocycles. The molecule has 1 aromatic heterocycles. The highest BCUT2D eigenvalue weighted by Crippen LogP contribution is 2.10. The molecule has 1 heterocycles. The Labute approximate surface area is 76.2 Å². The second kappa shape index (κ2) is 3.89. The fourth-order valence-corrected chi connectivity index (χ4v) is 1.29. The van der Waals surface area contributed by atoms with Crippen molar-refractivity contribution in [2.24, 2.45) is 0 Å². The van der Waals surface area contributed by atoms with Gasteiger partial charge in [-0.15, -0.1) is 0 Å². The SMILES string of the molecule is CCc1nccc(B(O)O)c1Cl. The van der Waals surface area contributed by atoms with Crippen LogP contribution < -0.4 is 5.46 Å². The van der Waals surface area contributed by atoms with Crippen LogP contribution in [0.25, 0.3) is 0 Å². The number of pyridine rings is 1. The van der Waals surface area contributed by atoms with Crippen LogP contribution in [0.5, 0.6) is 0 Å². The van der Waals surface area contributed by atoms with E-state index in [1.807, 2.05) is 6.92 Å². The minimum absolute atomic E-state index is 0.309. The Morgan fingerprint density at radius 3 is 2.75 bits per heavy atom. The topological polar surface area (TPSA) is 53.4 Å². The van der Waals surface area contributed by atoms with Crippen LogP contribution >= 0.6 is 11.6 Å². The molecule has 0 bridgehead atoms. The first-order valence-electron chi connectivity index (χ1n) is 3.66. The second-order valence-corrected chi connectivity index (χ2v) is 2.77. The number of nitrogens with zero attached hydrogens (tertiary/aromatic N) is 1. The molecule has 0 unspecified atom stereocenters. The van der Waals surface area contributed by atoms with Crippen LogP contribution in [0, 0.1) is 0 Å². The second-order valence-electron chi connectivity index (χ2n) is 2.39. The summed E-state index contributed by atoms with van der Waals surface area (Å²) in [5.41, 5.74) is 0.991. The van der Waals surface area contributed by atoms with Crippen molar-refractivity contribution in [1.82, 2.24) is 4.98 Å². The van der Waals surface area contributed by atoms with Crippen LogP contribution in [0.1, 0.15) is 12.6 Å². The van der Waals surface area contributed by atoms with Gasteiger partial charge in [-0.05, 0) is 12.5 Å². The molecule has 0 atom stereocenters. The number of aryl methyl sites for hydroxylation is 1. The maximum Gasteiger partial charge on any atom is 0.490 e. The quantitative estimate of drug-likeness (QED) is 0.637. The molecule has 0 spiro atoms. The van der Waals surface area contributed by atoms with Crippen LogP contribution in [-0.2, 0) is 6.42 Å². The van der Waals surface area contributed by atoms with E-state index in [1.165, 1.54) is 12.3 Å². The van der Waals surface area contributed by atoms with E-state index >= 15 is 0 Å². The first kappa shape index (κ1) is 9.51. The van der Waals surface area contributed by atoms with Crippen LogP contribution in [0.15, 0.2) is 12.3 Å². The fourth-order valence-electron chi connectivity index (χ4n) is 0.950. The van der Waals surface area contributed by atoms with Gasteiger partial charge in [0.25, 0.3) is 0 Å². The van der Waals surface area contributed by atoms with Crippen LogP contribution in [0.2, 0.25) is 5.02 Å². The summed E-state index contributed by atoms with van der Waals surface area (Å²) in [4.78, 5) is 3.99. The first-order valence-corrected chi connectivity index (χ1v) is 4.04. The summed E-state index contributed by atoms with van der Waals surface area (Å²) < 4.78 is 0. The van der Waals surface area contributed by atoms with Crippen molar-refractivity contribution in [2.45, 2.75) is 13.3 Å². The average Bonchev–Trinajstić information content (AvgIpc) is 2.04. The summed E-state index contributed by atoms with van der Waals surface area (Å²) in [5, 5.41) is 18.1. The number of halogens is 1. The van der Waals surface area contributed by atoms with Gasteiger partial charge in [0, 0.05) is 11.7 Å². The molecule has 0 fully saturated rings. The Morgan fingerprint density at radius 1 is 1.58 bits per heavy atom. The summed E-state index contributed by atoms with van der Waals surface area (Å²) in [6.45, 7) is 1.90. The van der Waals surface area contributed by atoms with Gasteiger partial charge in [-0.3, -0.25) is 4.98 Å². The van der Waals surface area contributed by atoms with Gasteiger partial charge >= 0.3 is 7.12 Å². The molecule has 1 aromatic rings. The van der Waals surface area contributed by atoms with Gasteiger partial charge in [0.2, 0.25) is 0 Å². The molecule has 5 heteroatoms. The van der Waals surface area contributed by atoms with Crippen molar-refractivity contribution < 1.29 is 10.0 Å². The van der Waals surface area contributed by atoms with Gasteiger partial charge < -0.3 is 10.0 Å². The van der Waals surface area contributed by atoms with E-state index in [0.717, 1.165) is 0 Å². The highest BCUT2D eigenvalue weighted by molar-refractivity contribution is 6.62. The molecular weight excluding hydrogens is 176 g/mol. The zero-order chi connectivity index (χ0) is 9.14. The third kappa shape index (κ3) is 1.77. The van der Waals surface area contributed by atoms with Crippen LogP contribution in [-0.4, -0.2) is 22.2 Å². The molecule has 0 aliphatic carbocycles. The molecule has 64 valence electrons. The molecule has 0 saturated carbocycles. The maximum atomic E-state index is 8.87. The van der Waals surface area contributed by atoms with Gasteiger partial charge in [0.15, 0.2) is 0 Å². The van der Waals surface area contributed by atoms with Crippen molar-refractivity contribution in [3.05, 3.63) is 23.0 Å². The number of hydrogen-bond donors (Lipinski definition) is 2. The predicted octanol–water partition coefficient (Wildman–Crippen LogP) is -0.0228. The standard InChI is InChI=1S/C7H9BClNO2/c1-2-6-7(9)5(8(11)12)3-4-10-6/h3-4,11-12H,2H2,1H3. The number of aromatic nitrogens is 1. The van der Waals surface area contributed by atoms with E-state index in [4.69, 9.17) is 21.6 Å². The molecule has 0 aliphatic rings. The summed E-state index contributed by atoms with van der Waals surface area (Å²) in [7, 11) is -1.52. The lowest BCUT2D eigenvalue weighted by atomic mass is 9.80. The summed E-state index contributed by atoms with van der Waals surface area (Å²) >= 11 is 5.82. The highest BCUT2D eigenvalue weighted by Gasteiger charge is 2.16. The lowest BCUT2D eigenvalue weighted by Crippen LogP contribution is -2.31. The van der Waals surface area contributed by atoms with Gasteiger partial charge in [0.05, 0.1) is 10.7 Å². The lowest BCUT2D eigenvalue weighted by Gasteiger charge is -2.05. The van der Waals surface area contributed by atoms with E-state index in [2.05, 4.69) is 4.98 Å². The first-order chi connectivity index (χ1) is 5.66. The van der Waals surface area contributed by atoms with Crippen molar-refractivity contribution in [3.63, 3.8) is 0 Å². The summed E-state index contributed by atoms with van der Waals surface area (Å²) in [6, 6.07) is 1.49. The molecule has 0 saturated heterocycles. The van der Waals surface area contributed by atoms with Crippen molar-refractivity contribution >= 4 is 24.2 Å². The van der Waals surface area contributed by atoms with Gasteiger partial charge in [0.1, 0.15) is 0 Å². The average molecular weight is 185 g/mol. The molecule has 12 heavy (non-hydrogen) atoms. The number of hydrogen-bond acceptors (Lipinski definition) is 3. The monoisotopic (exact) mass is 185 g/mol. The lowest BCUT2D eigenvalue weighted by molar-refractivity contribution is 0.425. The largest absolute Gasteiger partial charge is 0.490 e. The van der Waals surface area contributed by atoms with E-state index in [-0.39, 0.29) is 0 Å². The van der Waals surface area contributed by atoms with E-state index in [1.54, 1.807) is 0 Å². The molecular formula is C7H9BClNO2. The summed E-state index contributed by atoms with van der Waals surface area (Å²) in [6.07, 6.45) is 2.19. The minimum Gasteiger partial charge on any atom is -0.423 e. The molecule has 1 rings (SSSR count). The predicted molar refractivity (Wildman–Crippen MR) is 48.5 cm³/mol. The van der Waals surface area contributed by atoms with Crippen molar-refractivity contribution in [3.8, 4) is 0 Å².